The summed E-state index contributed by atoms with van der Waals surface area (Å²) in [5, 5.41) is 6.44. The molecule has 2 amide bonds. The van der Waals surface area contributed by atoms with E-state index in [0.717, 1.165) is 12.1 Å². The molecule has 1 atom stereocenters. The van der Waals surface area contributed by atoms with Crippen LogP contribution in [0.25, 0.3) is 0 Å². The second-order valence-electron chi connectivity index (χ2n) is 5.44. The maximum Gasteiger partial charge on any atom is 0.326 e. The second kappa shape index (κ2) is 9.58. The number of esters is 1. The summed E-state index contributed by atoms with van der Waals surface area (Å²) in [5.41, 5.74) is 0.206. The molecule has 0 unspecified atom stereocenters. The number of amides is 2. The van der Waals surface area contributed by atoms with Crippen LogP contribution < -0.4 is 10.6 Å². The normalized spacial score (nSPS) is 11.3. The molecule has 2 N–H and O–H groups in total. The third-order valence-corrected chi connectivity index (χ3v) is 4.26. The molecule has 9 heteroatoms. The minimum absolute atomic E-state index is 0.206. The number of ketones is 1. The van der Waals surface area contributed by atoms with Crippen molar-refractivity contribution in [1.82, 2.24) is 10.6 Å². The minimum atomic E-state index is -1.08. The highest BCUT2D eigenvalue weighted by molar-refractivity contribution is 7.12. The maximum atomic E-state index is 12.9. The van der Waals surface area contributed by atoms with Crippen LogP contribution in [0.15, 0.2) is 41.8 Å². The molecule has 0 saturated carbocycles. The molecule has 2 aromatic rings. The smallest absolute Gasteiger partial charge is 0.326 e. The van der Waals surface area contributed by atoms with E-state index in [1.54, 1.807) is 17.5 Å². The number of rotatable bonds is 8. The summed E-state index contributed by atoms with van der Waals surface area (Å²) in [6.07, 6.45) is -1.08. The molecule has 2 rings (SSSR count). The largest absolute Gasteiger partial charge is 0.453 e. The van der Waals surface area contributed by atoms with Crippen molar-refractivity contribution in [2.45, 2.75) is 13.0 Å². The zero-order valence-electron chi connectivity index (χ0n) is 14.4. The third-order valence-electron chi connectivity index (χ3n) is 3.39. The number of Topliss-reactive ketones (excluding diaryl/α,β-unsaturated/α-hetero) is 1. The van der Waals surface area contributed by atoms with Crippen LogP contribution in [-0.2, 0) is 14.3 Å². The Hall–Kier alpha value is -3.07. The monoisotopic (exact) mass is 392 g/mol. The Labute approximate surface area is 158 Å². The van der Waals surface area contributed by atoms with Gasteiger partial charge in [-0.15, -0.1) is 11.3 Å². The minimum Gasteiger partial charge on any atom is -0.453 e. The first-order valence-electron chi connectivity index (χ1n) is 7.94. The molecule has 0 saturated heterocycles. The van der Waals surface area contributed by atoms with Gasteiger partial charge in [0.2, 0.25) is 11.7 Å². The highest BCUT2D eigenvalue weighted by Gasteiger charge is 2.20. The quantitative estimate of drug-likeness (QED) is 0.524. The van der Waals surface area contributed by atoms with E-state index in [-0.39, 0.29) is 18.0 Å². The van der Waals surface area contributed by atoms with E-state index < -0.39 is 36.1 Å². The van der Waals surface area contributed by atoms with Crippen LogP contribution in [0.4, 0.5) is 4.39 Å². The fourth-order valence-electron chi connectivity index (χ4n) is 2.03. The highest BCUT2D eigenvalue weighted by Crippen LogP contribution is 2.08. The predicted molar refractivity (Wildman–Crippen MR) is 95.9 cm³/mol. The molecule has 0 bridgehead atoms. The van der Waals surface area contributed by atoms with E-state index in [1.807, 2.05) is 0 Å². The Morgan fingerprint density at radius 3 is 2.41 bits per heavy atom. The number of carbonyl (C=O) groups excluding carboxylic acids is 4. The van der Waals surface area contributed by atoms with Crippen LogP contribution in [0.5, 0.6) is 0 Å². The fourth-order valence-corrected chi connectivity index (χ4v) is 2.67. The van der Waals surface area contributed by atoms with Crippen molar-refractivity contribution in [3.05, 3.63) is 58.0 Å². The summed E-state index contributed by atoms with van der Waals surface area (Å²) < 4.78 is 17.8. The molecule has 0 aliphatic heterocycles. The van der Waals surface area contributed by atoms with Crippen molar-refractivity contribution in [2.75, 3.05) is 13.1 Å². The summed E-state index contributed by atoms with van der Waals surface area (Å²) in [4.78, 5) is 47.6. The number of carbonyl (C=O) groups is 4. The first-order valence-corrected chi connectivity index (χ1v) is 8.82. The molecule has 0 aliphatic carbocycles. The molecular weight excluding hydrogens is 375 g/mol. The summed E-state index contributed by atoms with van der Waals surface area (Å²) >= 11 is 1.24. The van der Waals surface area contributed by atoms with Crippen molar-refractivity contribution >= 4 is 34.9 Å². The average Bonchev–Trinajstić information content (AvgIpc) is 3.19. The number of nitrogens with one attached hydrogen (secondary N) is 2. The van der Waals surface area contributed by atoms with Gasteiger partial charge in [0.1, 0.15) is 12.4 Å². The number of hydrogen-bond donors (Lipinski definition) is 2. The second-order valence-corrected chi connectivity index (χ2v) is 6.39. The maximum absolute atomic E-state index is 12.9. The Morgan fingerprint density at radius 2 is 1.78 bits per heavy atom. The first kappa shape index (κ1) is 20.2. The topological polar surface area (TPSA) is 102 Å². The highest BCUT2D eigenvalue weighted by atomic mass is 32.1. The van der Waals surface area contributed by atoms with E-state index in [9.17, 15) is 23.6 Å². The van der Waals surface area contributed by atoms with E-state index in [0.29, 0.717) is 4.88 Å². The lowest BCUT2D eigenvalue weighted by Crippen LogP contribution is -2.40. The van der Waals surface area contributed by atoms with E-state index >= 15 is 0 Å². The third kappa shape index (κ3) is 6.30. The Morgan fingerprint density at radius 1 is 1.07 bits per heavy atom. The van der Waals surface area contributed by atoms with Gasteiger partial charge in [-0.05, 0) is 42.6 Å². The molecule has 1 aromatic heterocycles. The number of hydrogen-bond acceptors (Lipinski definition) is 6. The first-order chi connectivity index (χ1) is 12.9. The van der Waals surface area contributed by atoms with Crippen LogP contribution in [0.3, 0.4) is 0 Å². The molecule has 0 spiro atoms. The Kier molecular flexibility index (Phi) is 7.18. The van der Waals surface area contributed by atoms with Gasteiger partial charge in [-0.2, -0.15) is 0 Å². The van der Waals surface area contributed by atoms with Gasteiger partial charge in [0.15, 0.2) is 6.10 Å². The number of halogens is 1. The Balaban J connectivity index is 1.71. The lowest BCUT2D eigenvalue weighted by Gasteiger charge is -2.13. The van der Waals surface area contributed by atoms with Crippen molar-refractivity contribution in [3.8, 4) is 0 Å². The number of benzene rings is 1. The molecule has 27 heavy (non-hydrogen) atoms. The zero-order chi connectivity index (χ0) is 19.8. The average molecular weight is 392 g/mol. The molecule has 0 fully saturated rings. The van der Waals surface area contributed by atoms with Crippen LogP contribution in [0.1, 0.15) is 27.0 Å². The summed E-state index contributed by atoms with van der Waals surface area (Å²) in [5.74, 6) is -2.74. The van der Waals surface area contributed by atoms with Crippen LogP contribution in [-0.4, -0.2) is 42.8 Å². The van der Waals surface area contributed by atoms with Gasteiger partial charge in [-0.3, -0.25) is 19.2 Å². The van der Waals surface area contributed by atoms with Gasteiger partial charge in [0.05, 0.1) is 11.4 Å². The van der Waals surface area contributed by atoms with Crippen LogP contribution >= 0.6 is 11.3 Å². The molecule has 1 aromatic carbocycles. The molecule has 0 aliphatic rings. The fraction of sp³-hybridized carbons (Fsp3) is 0.222. The van der Waals surface area contributed by atoms with Crippen LogP contribution in [0.2, 0.25) is 0 Å². The lowest BCUT2D eigenvalue weighted by molar-refractivity contribution is -0.146. The van der Waals surface area contributed by atoms with Crippen molar-refractivity contribution in [2.24, 2.45) is 0 Å². The summed E-state index contributed by atoms with van der Waals surface area (Å²) in [6.45, 7) is 0.634. The molecule has 7 nitrogen and oxygen atoms in total. The van der Waals surface area contributed by atoms with Crippen LogP contribution in [0, 0.1) is 5.82 Å². The van der Waals surface area contributed by atoms with E-state index in [1.165, 1.54) is 30.4 Å². The predicted octanol–water partition coefficient (Wildman–Crippen LogP) is 1.55. The zero-order valence-corrected chi connectivity index (χ0v) is 15.2. The lowest BCUT2D eigenvalue weighted by atomic mass is 10.1. The Bertz CT molecular complexity index is 821. The SMILES string of the molecule is C[C@H](OC(=O)CNC(=O)CNC(=O)c1cccs1)C(=O)c1ccc(F)cc1. The van der Waals surface area contributed by atoms with E-state index in [2.05, 4.69) is 10.6 Å². The van der Waals surface area contributed by atoms with Crippen molar-refractivity contribution in [1.29, 1.82) is 0 Å². The van der Waals surface area contributed by atoms with E-state index in [4.69, 9.17) is 4.74 Å². The summed E-state index contributed by atoms with van der Waals surface area (Å²) in [7, 11) is 0. The van der Waals surface area contributed by atoms with Gasteiger partial charge < -0.3 is 15.4 Å². The van der Waals surface area contributed by atoms with Crippen molar-refractivity contribution in [3.63, 3.8) is 0 Å². The van der Waals surface area contributed by atoms with Gasteiger partial charge >= 0.3 is 5.97 Å². The molecular formula is C18H17FN2O5S. The standard InChI is InChI=1S/C18H17FN2O5S/c1-11(17(24)12-4-6-13(19)7-5-12)26-16(23)10-20-15(22)9-21-18(25)14-3-2-8-27-14/h2-8,11H,9-10H2,1H3,(H,20,22)(H,21,25)/t11-/m0/s1. The summed E-state index contributed by atoms with van der Waals surface area (Å²) in [6, 6.07) is 8.18. The van der Waals surface area contributed by atoms with Gasteiger partial charge in [0, 0.05) is 5.56 Å². The molecule has 142 valence electrons. The molecule has 0 radical (unpaired) electrons. The van der Waals surface area contributed by atoms with Gasteiger partial charge in [0.25, 0.3) is 5.91 Å². The van der Waals surface area contributed by atoms with Gasteiger partial charge in [-0.25, -0.2) is 4.39 Å². The number of ether oxygens (including phenoxy) is 1. The van der Waals surface area contributed by atoms with Gasteiger partial charge in [-0.1, -0.05) is 6.07 Å². The number of thiophene rings is 1. The van der Waals surface area contributed by atoms with Crippen molar-refractivity contribution < 1.29 is 28.3 Å². The molecule has 1 heterocycles.